The fourth-order valence-corrected chi connectivity index (χ4v) is 14.6. The van der Waals surface area contributed by atoms with E-state index in [1.165, 1.54) is 15.2 Å². The van der Waals surface area contributed by atoms with Crippen molar-refractivity contribution in [2.75, 3.05) is 75.2 Å². The molecule has 8 aromatic rings. The van der Waals surface area contributed by atoms with Crippen LogP contribution in [0.15, 0.2) is 202 Å². The summed E-state index contributed by atoms with van der Waals surface area (Å²) in [5, 5.41) is 41.7. The van der Waals surface area contributed by atoms with E-state index in [1.807, 2.05) is 109 Å². The number of nitriles is 4. The number of amidine groups is 1. The second-order valence-electron chi connectivity index (χ2n) is 27.3. The molecule has 0 spiro atoms. The minimum absolute atomic E-state index is 0.0919. The fraction of sp³-hybridized carbons (Fsp3) is 0.333. The van der Waals surface area contributed by atoms with E-state index in [1.54, 1.807) is 84.0 Å². The lowest BCUT2D eigenvalue weighted by Gasteiger charge is -2.44. The van der Waals surface area contributed by atoms with Gasteiger partial charge in [-0.1, -0.05) is 72.8 Å². The minimum Gasteiger partial charge on any atom is -0.356 e. The standard InChI is InChI=1S/2C20H22N6O.2C19H20N6O/c21-12-15-5-1-2-6-16(15)13-26-19(24-9-3-7-17(22)14-24)11-18-23-8-4-10-25(18)20(26)27;21-11-15-4-1-2-5-16(15)13-26-19(24-8-3-6-17(22)14-24)10-18-12-23-7-9-25(18)20(26)27;20-11-14-4-1-2-5-15(14)12-24-18(23-9-3-6-16(21)13-23)10-17-7-8-22-25(17)19(24)26;20-9-14-4-1-2-5-15(14)11-24-18(23-7-3-6-16(21)12-23)8-17-10-22-13-25(17)19(24)26/h1-2,4-6,8,11,17H,3,7,9-10,13-14,22H2;1-2,4-5,7,10,12,17H,3,6,8-9,13-14,22H2;1-2,4-5,7-8,10,16H,3,6,9,12-13,21H2;1-2,4-5,8,10,13,16H,3,6-7,11-12,21H2/t2*17-;2*16-/m1111/s1. The van der Waals surface area contributed by atoms with Gasteiger partial charge in [0, 0.05) is 120 Å². The van der Waals surface area contributed by atoms with Gasteiger partial charge in [0.05, 0.1) is 115 Å². The number of piperidine rings is 4. The Balaban J connectivity index is 0.000000125. The number of carbonyl (C=O) groups excluding carboxylic acids is 2. The van der Waals surface area contributed by atoms with Crippen molar-refractivity contribution in [1.29, 1.82) is 21.0 Å². The Morgan fingerprint density at radius 2 is 0.934 bits per heavy atom. The number of benzene rings is 4. The summed E-state index contributed by atoms with van der Waals surface area (Å²) >= 11 is 0. The summed E-state index contributed by atoms with van der Waals surface area (Å²) in [5.41, 5.74) is 32.2. The number of carbonyl (C=O) groups is 2. The van der Waals surface area contributed by atoms with Crippen molar-refractivity contribution in [3.05, 3.63) is 247 Å². The maximum absolute atomic E-state index is 13.3. The zero-order chi connectivity index (χ0) is 73.8. The Hall–Kier alpha value is -12.4. The van der Waals surface area contributed by atoms with E-state index in [4.69, 9.17) is 22.9 Å². The van der Waals surface area contributed by atoms with Crippen molar-refractivity contribution in [3.8, 4) is 24.3 Å². The molecular formula is C78H84N24O4. The normalized spacial score (nSPS) is 19.8. The number of likely N-dealkylation sites (tertiary alicyclic amines) is 2. The van der Waals surface area contributed by atoms with Gasteiger partial charge in [-0.25, -0.2) is 29.2 Å². The zero-order valence-corrected chi connectivity index (χ0v) is 58.9. The number of nitrogens with zero attached hydrogens (tertiary/aromatic N) is 20. The third kappa shape index (κ3) is 15.9. The quantitative estimate of drug-likeness (QED) is 0.0993. The third-order valence-corrected chi connectivity index (χ3v) is 20.1. The first-order valence-electron chi connectivity index (χ1n) is 35.8. The predicted octanol–water partition coefficient (Wildman–Crippen LogP) is 6.66. The highest BCUT2D eigenvalue weighted by Gasteiger charge is 2.38. The number of nitrogens with two attached hydrogens (primary N) is 4. The maximum atomic E-state index is 13.3. The second kappa shape index (κ2) is 32.9. The lowest BCUT2D eigenvalue weighted by molar-refractivity contribution is 0.138. The molecule has 106 heavy (non-hydrogen) atoms. The van der Waals surface area contributed by atoms with E-state index in [0.717, 1.165) is 140 Å². The number of fused-ring (bicyclic) bond motifs is 4. The van der Waals surface area contributed by atoms with E-state index < -0.39 is 0 Å². The van der Waals surface area contributed by atoms with E-state index in [9.17, 15) is 40.2 Å². The van der Waals surface area contributed by atoms with Crippen molar-refractivity contribution >= 4 is 46.8 Å². The highest BCUT2D eigenvalue weighted by Crippen LogP contribution is 2.32. The van der Waals surface area contributed by atoms with Crippen molar-refractivity contribution < 1.29 is 9.59 Å². The Kier molecular flexibility index (Phi) is 22.3. The molecular weight excluding hydrogens is 1340 g/mol. The molecule has 4 aromatic carbocycles. The Labute approximate surface area is 613 Å². The van der Waals surface area contributed by atoms with Gasteiger partial charge in [-0.05, 0) is 110 Å². The van der Waals surface area contributed by atoms with Crippen LogP contribution in [-0.2, 0) is 26.2 Å². The monoisotopic (exact) mass is 1420 g/mol. The topological polar surface area (TPSA) is 363 Å². The molecule has 4 fully saturated rings. The van der Waals surface area contributed by atoms with Crippen LogP contribution < -0.4 is 44.1 Å². The molecule has 0 radical (unpaired) electrons. The lowest BCUT2D eigenvalue weighted by atomic mass is 10.1. The molecule has 0 saturated carbocycles. The fourth-order valence-electron chi connectivity index (χ4n) is 14.6. The van der Waals surface area contributed by atoms with Crippen molar-refractivity contribution in [3.63, 3.8) is 0 Å². The Morgan fingerprint density at radius 1 is 0.491 bits per heavy atom. The smallest absolute Gasteiger partial charge is 0.351 e. The van der Waals surface area contributed by atoms with Crippen LogP contribution in [0.4, 0.5) is 21.2 Å². The first kappa shape index (κ1) is 71.9. The van der Waals surface area contributed by atoms with Gasteiger partial charge in [-0.3, -0.25) is 38.1 Å². The van der Waals surface area contributed by atoms with Gasteiger partial charge < -0.3 is 42.5 Å². The van der Waals surface area contributed by atoms with Gasteiger partial charge in [0.1, 0.15) is 35.4 Å². The minimum atomic E-state index is -0.214. The summed E-state index contributed by atoms with van der Waals surface area (Å²) in [7, 11) is 0. The largest absolute Gasteiger partial charge is 0.356 e. The Bertz CT molecular complexity index is 4790. The van der Waals surface area contributed by atoms with Crippen LogP contribution in [0, 0.1) is 45.3 Å². The number of amides is 4. The number of urea groups is 2. The van der Waals surface area contributed by atoms with Crippen LogP contribution in [0.3, 0.4) is 0 Å². The molecule has 28 heteroatoms. The second-order valence-corrected chi connectivity index (χ2v) is 27.3. The molecule has 28 nitrogen and oxygen atoms in total. The predicted molar refractivity (Wildman–Crippen MR) is 403 cm³/mol. The van der Waals surface area contributed by atoms with Gasteiger partial charge in [0.25, 0.3) is 0 Å². The number of rotatable bonds is 12. The summed E-state index contributed by atoms with van der Waals surface area (Å²) in [6.07, 6.45) is 23.8. The molecule has 8 aliphatic heterocycles. The van der Waals surface area contributed by atoms with E-state index in [2.05, 4.69) is 63.9 Å². The number of imidazole rings is 1. The van der Waals surface area contributed by atoms with Crippen molar-refractivity contribution in [2.45, 2.75) is 102 Å². The van der Waals surface area contributed by atoms with Crippen LogP contribution in [0.1, 0.15) is 95.9 Å². The first-order chi connectivity index (χ1) is 51.7. The van der Waals surface area contributed by atoms with Crippen LogP contribution in [0.5, 0.6) is 0 Å². The summed E-state index contributed by atoms with van der Waals surface area (Å²) < 4.78 is 6.32. The molecule has 4 amide bonds. The van der Waals surface area contributed by atoms with Gasteiger partial charge >= 0.3 is 23.4 Å². The summed E-state index contributed by atoms with van der Waals surface area (Å²) in [4.78, 5) is 80.9. The molecule has 12 heterocycles. The summed E-state index contributed by atoms with van der Waals surface area (Å²) in [6, 6.07) is 44.3. The first-order valence-corrected chi connectivity index (χ1v) is 35.8. The van der Waals surface area contributed by atoms with Gasteiger partial charge in [-0.15, -0.1) is 0 Å². The number of allylic oxidation sites excluding steroid dienone is 1. The molecule has 0 aliphatic carbocycles. The van der Waals surface area contributed by atoms with E-state index >= 15 is 0 Å². The van der Waals surface area contributed by atoms with E-state index in [0.29, 0.717) is 93.5 Å². The third-order valence-electron chi connectivity index (χ3n) is 20.1. The Morgan fingerprint density at radius 3 is 1.43 bits per heavy atom. The molecule has 4 aromatic heterocycles. The van der Waals surface area contributed by atoms with Crippen molar-refractivity contribution in [2.24, 2.45) is 32.9 Å². The SMILES string of the molecule is N#Cc1ccccc1CN1C(=O)N2CC=CN=C2C=C1N1CCC[C@@H](N)C1.N#Cc1ccccc1CN1C(=O)N2CC=NC=C2C=C1N1CCC[C@@H](N)C1.N#Cc1ccccc1Cn1c(N2CCC[C@@H](N)C2)cc2ccnn2c1=O.N#Cc1ccccc1Cn1c(N2CCC[C@@H](N)C2)cc2cncn2c1=O. The summed E-state index contributed by atoms with van der Waals surface area (Å²) in [5.74, 6) is 3.95. The van der Waals surface area contributed by atoms with Crippen LogP contribution in [-0.4, -0.2) is 171 Å². The number of anilines is 2. The van der Waals surface area contributed by atoms with Gasteiger partial charge in [0.15, 0.2) is 0 Å². The molecule has 540 valence electrons. The van der Waals surface area contributed by atoms with Gasteiger partial charge in [0.2, 0.25) is 0 Å². The maximum Gasteiger partial charge on any atom is 0.351 e. The van der Waals surface area contributed by atoms with Crippen molar-refractivity contribution in [1.82, 2.24) is 57.5 Å². The zero-order valence-electron chi connectivity index (χ0n) is 58.9. The average Bonchev–Trinajstić information content (AvgIpc) is 1.20. The molecule has 0 bridgehead atoms. The van der Waals surface area contributed by atoms with E-state index in [-0.39, 0.29) is 47.6 Å². The molecule has 8 N–H and O–H groups in total. The molecule has 0 unspecified atom stereocenters. The van der Waals surface area contributed by atoms with Crippen LogP contribution in [0.2, 0.25) is 0 Å². The van der Waals surface area contributed by atoms with Crippen LogP contribution >= 0.6 is 0 Å². The number of aliphatic imine (C=N–C) groups is 2. The average molecular weight is 1420 g/mol. The number of aromatic nitrogens is 6. The summed E-state index contributed by atoms with van der Waals surface area (Å²) in [6.45, 7) is 8.56. The number of hydrogen-bond acceptors (Lipinski definition) is 20. The highest BCUT2D eigenvalue weighted by atomic mass is 16.2. The molecule has 8 aliphatic rings. The van der Waals surface area contributed by atoms with Crippen LogP contribution in [0.25, 0.3) is 11.0 Å². The highest BCUT2D eigenvalue weighted by molar-refractivity contribution is 6.07. The molecule has 4 atom stereocenters. The molecule has 4 saturated heterocycles. The number of hydrogen-bond donors (Lipinski definition) is 4. The lowest BCUT2D eigenvalue weighted by Crippen LogP contribution is -2.55. The molecule has 16 rings (SSSR count). The van der Waals surface area contributed by atoms with Gasteiger partial charge in [-0.2, -0.15) is 30.7 Å².